The maximum absolute atomic E-state index is 12.8. The Morgan fingerprint density at radius 1 is 1.12 bits per heavy atom. The van der Waals surface area contributed by atoms with Crippen molar-refractivity contribution in [3.05, 3.63) is 0 Å². The van der Waals surface area contributed by atoms with Crippen molar-refractivity contribution in [3.63, 3.8) is 0 Å². The summed E-state index contributed by atoms with van der Waals surface area (Å²) in [6, 6.07) is -1.43. The number of hydrogen-bond acceptors (Lipinski definition) is 5. The molecule has 4 N–H and O–H groups in total. The summed E-state index contributed by atoms with van der Waals surface area (Å²) in [5.74, 6) is -0.289. The first kappa shape index (κ1) is 21.4. The number of carbonyl (C=O) groups is 1. The first-order valence-corrected chi connectivity index (χ1v) is 8.98. The van der Waals surface area contributed by atoms with Crippen molar-refractivity contribution < 1.29 is 20.1 Å². The van der Waals surface area contributed by atoms with Gasteiger partial charge in [0.1, 0.15) is 12.1 Å². The topological polar surface area (TPSA) is 93.0 Å². The van der Waals surface area contributed by atoms with Gasteiger partial charge in [-0.15, -0.1) is 0 Å². The van der Waals surface area contributed by atoms with E-state index in [1.54, 1.807) is 4.90 Å². The predicted molar refractivity (Wildman–Crippen MR) is 94.6 cm³/mol. The second-order valence-electron chi connectivity index (χ2n) is 8.88. The van der Waals surface area contributed by atoms with E-state index in [1.165, 1.54) is 0 Å². The highest BCUT2D eigenvalue weighted by Crippen LogP contribution is 2.29. The molecule has 0 aliphatic carbocycles. The number of carbonyl (C=O) groups excluding carboxylic acids is 1. The highest BCUT2D eigenvalue weighted by Gasteiger charge is 2.50. The summed E-state index contributed by atoms with van der Waals surface area (Å²) in [6.07, 6.45) is 0.253. The van der Waals surface area contributed by atoms with E-state index < -0.39 is 29.8 Å². The van der Waals surface area contributed by atoms with Gasteiger partial charge in [0.15, 0.2) is 0 Å². The van der Waals surface area contributed by atoms with Crippen LogP contribution in [0.15, 0.2) is 0 Å². The van der Waals surface area contributed by atoms with Crippen molar-refractivity contribution in [1.29, 1.82) is 0 Å². The zero-order valence-corrected chi connectivity index (χ0v) is 16.0. The summed E-state index contributed by atoms with van der Waals surface area (Å²) in [6.45, 7) is 12.6. The maximum atomic E-state index is 12.8. The van der Waals surface area contributed by atoms with E-state index in [2.05, 4.69) is 26.1 Å². The maximum Gasteiger partial charge on any atom is 0.240 e. The quantitative estimate of drug-likeness (QED) is 0.550. The van der Waals surface area contributed by atoms with Crippen LogP contribution in [0.5, 0.6) is 0 Å². The van der Waals surface area contributed by atoms with Gasteiger partial charge in [-0.3, -0.25) is 9.69 Å². The summed E-state index contributed by atoms with van der Waals surface area (Å²) < 4.78 is 0. The molecule has 0 aromatic rings. The highest BCUT2D eigenvalue weighted by molar-refractivity contribution is 5.83. The lowest BCUT2D eigenvalue weighted by atomic mass is 9.81. The number of nitrogens with zero attached hydrogens (tertiary/aromatic N) is 1. The van der Waals surface area contributed by atoms with Gasteiger partial charge >= 0.3 is 0 Å². The van der Waals surface area contributed by atoms with Gasteiger partial charge in [0, 0.05) is 5.54 Å². The zero-order valence-electron chi connectivity index (χ0n) is 16.0. The van der Waals surface area contributed by atoms with Gasteiger partial charge in [0.2, 0.25) is 5.91 Å². The standard InChI is InChI=1S/C18H36N2O4/c1-7-8-9-20-12(10-21)14(22)15(23)13(20)16(24)19-18(5,6)11-17(2,3)4/h12-15,21-23H,7-11H2,1-6H3,(H,19,24)/t12-,13+,14-,15-/m0/s1. The molecule has 1 amide bonds. The number of aliphatic hydroxyl groups is 3. The lowest BCUT2D eigenvalue weighted by Crippen LogP contribution is -2.56. The Morgan fingerprint density at radius 3 is 2.17 bits per heavy atom. The van der Waals surface area contributed by atoms with E-state index in [4.69, 9.17) is 0 Å². The Labute approximate surface area is 146 Å². The van der Waals surface area contributed by atoms with Gasteiger partial charge in [-0.25, -0.2) is 0 Å². The summed E-state index contributed by atoms with van der Waals surface area (Å²) >= 11 is 0. The van der Waals surface area contributed by atoms with Gasteiger partial charge in [-0.05, 0) is 38.6 Å². The van der Waals surface area contributed by atoms with Gasteiger partial charge in [0.05, 0.1) is 18.8 Å². The Bertz CT molecular complexity index is 420. The van der Waals surface area contributed by atoms with Crippen molar-refractivity contribution in [2.75, 3.05) is 13.2 Å². The van der Waals surface area contributed by atoms with Crippen LogP contribution in [0.3, 0.4) is 0 Å². The fraction of sp³-hybridized carbons (Fsp3) is 0.944. The van der Waals surface area contributed by atoms with Crippen LogP contribution in [0.4, 0.5) is 0 Å². The molecule has 6 nitrogen and oxygen atoms in total. The van der Waals surface area contributed by atoms with E-state index in [-0.39, 0.29) is 17.9 Å². The third-order valence-corrected chi connectivity index (χ3v) is 4.51. The molecule has 6 heteroatoms. The number of unbranched alkanes of at least 4 members (excludes halogenated alkanes) is 1. The van der Waals surface area contributed by atoms with Crippen LogP contribution in [0, 0.1) is 5.41 Å². The molecule has 0 saturated carbocycles. The minimum atomic E-state index is -1.19. The molecule has 0 radical (unpaired) electrons. The minimum Gasteiger partial charge on any atom is -0.395 e. The summed E-state index contributed by atoms with van der Waals surface area (Å²) in [5, 5.41) is 33.2. The molecule has 4 atom stereocenters. The number of likely N-dealkylation sites (tertiary alicyclic amines) is 1. The SMILES string of the molecule is CCCCN1[C@@H](CO)[C@H](O)[C@@H](O)[C@@H]1C(=O)NC(C)(C)CC(C)(C)C. The summed E-state index contributed by atoms with van der Waals surface area (Å²) in [5.41, 5.74) is -0.367. The fourth-order valence-corrected chi connectivity index (χ4v) is 3.95. The van der Waals surface area contributed by atoms with Crippen LogP contribution in [-0.2, 0) is 4.79 Å². The molecule has 24 heavy (non-hydrogen) atoms. The first-order chi connectivity index (χ1) is 10.9. The van der Waals surface area contributed by atoms with E-state index in [1.807, 2.05) is 20.8 Å². The normalized spacial score (nSPS) is 29.0. The molecule has 0 spiro atoms. The van der Waals surface area contributed by atoms with Crippen molar-refractivity contribution in [2.45, 2.75) is 90.6 Å². The Kier molecular flexibility index (Phi) is 7.23. The van der Waals surface area contributed by atoms with Crippen LogP contribution < -0.4 is 5.32 Å². The molecule has 142 valence electrons. The largest absolute Gasteiger partial charge is 0.395 e. The molecule has 1 aliphatic rings. The van der Waals surface area contributed by atoms with E-state index >= 15 is 0 Å². The molecule has 1 heterocycles. The second kappa shape index (κ2) is 8.13. The van der Waals surface area contributed by atoms with Crippen molar-refractivity contribution in [3.8, 4) is 0 Å². The molecule has 0 aromatic heterocycles. The number of nitrogens with one attached hydrogen (secondary N) is 1. The first-order valence-electron chi connectivity index (χ1n) is 8.98. The van der Waals surface area contributed by atoms with Crippen LogP contribution in [0.2, 0.25) is 0 Å². The summed E-state index contributed by atoms with van der Waals surface area (Å²) in [7, 11) is 0. The van der Waals surface area contributed by atoms with Crippen LogP contribution in [0.25, 0.3) is 0 Å². The van der Waals surface area contributed by atoms with Gasteiger partial charge < -0.3 is 20.6 Å². The van der Waals surface area contributed by atoms with Gasteiger partial charge in [0.25, 0.3) is 0 Å². The molecule has 0 bridgehead atoms. The Hall–Kier alpha value is -0.690. The molecule has 0 aromatic carbocycles. The van der Waals surface area contributed by atoms with Crippen molar-refractivity contribution in [2.24, 2.45) is 5.41 Å². The van der Waals surface area contributed by atoms with E-state index in [9.17, 15) is 20.1 Å². The smallest absolute Gasteiger partial charge is 0.240 e. The van der Waals surface area contributed by atoms with Crippen LogP contribution in [-0.4, -0.2) is 69.1 Å². The lowest BCUT2D eigenvalue weighted by molar-refractivity contribution is -0.131. The Morgan fingerprint density at radius 2 is 1.71 bits per heavy atom. The van der Waals surface area contributed by atoms with Crippen molar-refractivity contribution >= 4 is 5.91 Å². The summed E-state index contributed by atoms with van der Waals surface area (Å²) in [4.78, 5) is 14.6. The minimum absolute atomic E-state index is 0.0557. The molecule has 1 aliphatic heterocycles. The number of amides is 1. The van der Waals surface area contributed by atoms with Crippen molar-refractivity contribution in [1.82, 2.24) is 10.2 Å². The van der Waals surface area contributed by atoms with Gasteiger partial charge in [-0.1, -0.05) is 34.1 Å². The fourth-order valence-electron chi connectivity index (χ4n) is 3.95. The molecular weight excluding hydrogens is 308 g/mol. The highest BCUT2D eigenvalue weighted by atomic mass is 16.3. The number of rotatable bonds is 7. The molecular formula is C18H36N2O4. The monoisotopic (exact) mass is 344 g/mol. The number of aliphatic hydroxyl groups excluding tert-OH is 3. The average Bonchev–Trinajstić information content (AvgIpc) is 2.64. The third kappa shape index (κ3) is 5.41. The third-order valence-electron chi connectivity index (χ3n) is 4.51. The molecule has 0 unspecified atom stereocenters. The molecule has 1 fully saturated rings. The number of hydrogen-bond donors (Lipinski definition) is 4. The average molecular weight is 344 g/mol. The van der Waals surface area contributed by atoms with Crippen LogP contribution in [0.1, 0.15) is 60.8 Å². The Balaban J connectivity index is 2.92. The van der Waals surface area contributed by atoms with E-state index in [0.29, 0.717) is 6.54 Å². The molecule has 1 saturated heterocycles. The van der Waals surface area contributed by atoms with E-state index in [0.717, 1.165) is 19.3 Å². The zero-order chi connectivity index (χ0) is 18.7. The van der Waals surface area contributed by atoms with Gasteiger partial charge in [-0.2, -0.15) is 0 Å². The predicted octanol–water partition coefficient (Wildman–Crippen LogP) is 0.884. The second-order valence-corrected chi connectivity index (χ2v) is 8.88. The molecule has 1 rings (SSSR count). The lowest BCUT2D eigenvalue weighted by Gasteiger charge is -2.36. The van der Waals surface area contributed by atoms with Crippen LogP contribution >= 0.6 is 0 Å².